The second kappa shape index (κ2) is 8.89. The van der Waals surface area contributed by atoms with E-state index in [-0.39, 0.29) is 23.1 Å². The number of carbonyl (C=O) groups is 1. The smallest absolute Gasteiger partial charge is 0.309 e. The number of rotatable bonds is 8. The molecule has 0 aliphatic carbocycles. The van der Waals surface area contributed by atoms with Crippen molar-refractivity contribution in [2.75, 3.05) is 0 Å². The van der Waals surface area contributed by atoms with Gasteiger partial charge in [-0.2, -0.15) is 5.10 Å². The number of thiocarbonyl (C=S) groups is 1. The summed E-state index contributed by atoms with van der Waals surface area (Å²) < 4.78 is 5.42. The normalized spacial score (nSPS) is 22.7. The molecule has 1 heterocycles. The highest BCUT2D eigenvalue weighted by Gasteiger charge is 2.33. The van der Waals surface area contributed by atoms with Crippen LogP contribution in [-0.2, 0) is 9.53 Å². The molecular weight excluding hydrogens is 274 g/mol. The predicted molar refractivity (Wildman–Crippen MR) is 84.4 cm³/mol. The van der Waals surface area contributed by atoms with Gasteiger partial charge in [-0.25, -0.2) is 0 Å². The molecule has 3 N–H and O–H groups in total. The molecular formula is C14H25N3O2S. The van der Waals surface area contributed by atoms with E-state index < -0.39 is 0 Å². The van der Waals surface area contributed by atoms with Crippen LogP contribution in [0.1, 0.15) is 58.8 Å². The molecule has 0 aromatic rings. The summed E-state index contributed by atoms with van der Waals surface area (Å²) in [6.07, 6.45) is 7.01. The number of esters is 1. The van der Waals surface area contributed by atoms with E-state index in [0.717, 1.165) is 37.8 Å². The Kier molecular flexibility index (Phi) is 7.51. The minimum atomic E-state index is -0.0541. The summed E-state index contributed by atoms with van der Waals surface area (Å²) in [4.78, 5) is 11.8. The van der Waals surface area contributed by atoms with E-state index in [1.165, 1.54) is 12.8 Å². The highest BCUT2D eigenvalue weighted by atomic mass is 32.1. The van der Waals surface area contributed by atoms with Crippen LogP contribution in [0.3, 0.4) is 0 Å². The zero-order valence-electron chi connectivity index (χ0n) is 12.4. The zero-order valence-corrected chi connectivity index (χ0v) is 13.2. The van der Waals surface area contributed by atoms with Crippen molar-refractivity contribution in [3.8, 4) is 0 Å². The van der Waals surface area contributed by atoms with E-state index in [2.05, 4.69) is 29.7 Å². The first-order valence-electron chi connectivity index (χ1n) is 7.32. The zero-order chi connectivity index (χ0) is 15.0. The molecule has 0 bridgehead atoms. The molecule has 1 saturated heterocycles. The molecule has 2 atom stereocenters. The van der Waals surface area contributed by atoms with Gasteiger partial charge >= 0.3 is 5.97 Å². The van der Waals surface area contributed by atoms with Crippen LogP contribution in [0.25, 0.3) is 0 Å². The number of cyclic esters (lactones) is 1. The Bertz CT molecular complexity index is 371. The van der Waals surface area contributed by atoms with E-state index >= 15 is 0 Å². The van der Waals surface area contributed by atoms with Crippen molar-refractivity contribution in [2.24, 2.45) is 16.8 Å². The first kappa shape index (κ1) is 16.9. The van der Waals surface area contributed by atoms with Crippen LogP contribution in [0, 0.1) is 5.92 Å². The predicted octanol–water partition coefficient (Wildman–Crippen LogP) is 2.49. The third-order valence-electron chi connectivity index (χ3n) is 3.50. The van der Waals surface area contributed by atoms with Gasteiger partial charge in [0.05, 0.1) is 5.92 Å². The summed E-state index contributed by atoms with van der Waals surface area (Å²) in [5.74, 6) is -0.0433. The maximum atomic E-state index is 11.8. The summed E-state index contributed by atoms with van der Waals surface area (Å²) in [5.41, 5.74) is 8.74. The third kappa shape index (κ3) is 6.32. The monoisotopic (exact) mass is 299 g/mol. The SMILES string of the molecule is CCCCCC1CC(CC/C(C)=N/NC(N)=S)C(=O)O1. The second-order valence-corrected chi connectivity index (χ2v) is 5.79. The molecule has 114 valence electrons. The number of nitrogens with one attached hydrogen (secondary N) is 1. The van der Waals surface area contributed by atoms with Crippen LogP contribution in [0.15, 0.2) is 5.10 Å². The quantitative estimate of drug-likeness (QED) is 0.237. The Morgan fingerprint density at radius 1 is 1.50 bits per heavy atom. The van der Waals surface area contributed by atoms with Gasteiger partial charge in [-0.05, 0) is 51.2 Å². The third-order valence-corrected chi connectivity index (χ3v) is 3.60. The summed E-state index contributed by atoms with van der Waals surface area (Å²) in [5, 5.41) is 4.19. The molecule has 0 aromatic heterocycles. The van der Waals surface area contributed by atoms with Crippen molar-refractivity contribution in [1.82, 2.24) is 5.43 Å². The van der Waals surface area contributed by atoms with E-state index in [9.17, 15) is 4.79 Å². The highest BCUT2D eigenvalue weighted by Crippen LogP contribution is 2.28. The van der Waals surface area contributed by atoms with Crippen molar-refractivity contribution in [2.45, 2.75) is 64.9 Å². The first-order valence-corrected chi connectivity index (χ1v) is 7.72. The molecule has 5 nitrogen and oxygen atoms in total. The van der Waals surface area contributed by atoms with Crippen molar-refractivity contribution in [3.05, 3.63) is 0 Å². The van der Waals surface area contributed by atoms with Crippen LogP contribution in [0.5, 0.6) is 0 Å². The second-order valence-electron chi connectivity index (χ2n) is 5.35. The van der Waals surface area contributed by atoms with Gasteiger partial charge in [0, 0.05) is 5.71 Å². The van der Waals surface area contributed by atoms with Gasteiger partial charge < -0.3 is 10.5 Å². The lowest BCUT2D eigenvalue weighted by molar-refractivity contribution is -0.144. The van der Waals surface area contributed by atoms with E-state index in [0.29, 0.717) is 0 Å². The average Bonchev–Trinajstić information content (AvgIpc) is 2.75. The van der Waals surface area contributed by atoms with Crippen molar-refractivity contribution in [3.63, 3.8) is 0 Å². The maximum Gasteiger partial charge on any atom is 0.309 e. The van der Waals surface area contributed by atoms with Gasteiger partial charge in [-0.3, -0.25) is 10.2 Å². The Hall–Kier alpha value is -1.17. The van der Waals surface area contributed by atoms with Crippen LogP contribution in [0.2, 0.25) is 0 Å². The fraction of sp³-hybridized carbons (Fsp3) is 0.786. The van der Waals surface area contributed by atoms with Crippen LogP contribution in [-0.4, -0.2) is 22.9 Å². The Morgan fingerprint density at radius 3 is 2.90 bits per heavy atom. The molecule has 6 heteroatoms. The standard InChI is InChI=1S/C14H25N3O2S/c1-3-4-5-6-12-9-11(13(18)19-12)8-7-10(2)16-17-14(15)20/h11-12H,3-9H2,1-2H3,(H3,15,17,20)/b16-10+. The molecule has 1 rings (SSSR count). The van der Waals surface area contributed by atoms with Gasteiger partial charge in [-0.15, -0.1) is 0 Å². The number of hydrogen-bond acceptors (Lipinski definition) is 4. The molecule has 2 unspecified atom stereocenters. The summed E-state index contributed by atoms with van der Waals surface area (Å²) in [6.45, 7) is 4.07. The number of nitrogens with zero attached hydrogens (tertiary/aromatic N) is 1. The molecule has 0 amide bonds. The number of nitrogens with two attached hydrogens (primary N) is 1. The number of ether oxygens (including phenoxy) is 1. The van der Waals surface area contributed by atoms with Crippen molar-refractivity contribution >= 4 is 29.0 Å². The first-order chi connectivity index (χ1) is 9.52. The Balaban J connectivity index is 2.28. The molecule has 20 heavy (non-hydrogen) atoms. The molecule has 0 aromatic carbocycles. The van der Waals surface area contributed by atoms with Crippen molar-refractivity contribution in [1.29, 1.82) is 0 Å². The molecule has 0 saturated carbocycles. The lowest BCUT2D eigenvalue weighted by Gasteiger charge is -2.07. The van der Waals surface area contributed by atoms with Gasteiger partial charge in [0.1, 0.15) is 6.10 Å². The molecule has 1 fully saturated rings. The molecule has 1 aliphatic heterocycles. The minimum absolute atomic E-state index is 0.0107. The molecule has 0 radical (unpaired) electrons. The maximum absolute atomic E-state index is 11.8. The summed E-state index contributed by atoms with van der Waals surface area (Å²) in [7, 11) is 0. The highest BCUT2D eigenvalue weighted by molar-refractivity contribution is 7.80. The van der Waals surface area contributed by atoms with Gasteiger partial charge in [0.2, 0.25) is 0 Å². The largest absolute Gasteiger partial charge is 0.462 e. The Labute approximate surface area is 126 Å². The minimum Gasteiger partial charge on any atom is -0.462 e. The van der Waals surface area contributed by atoms with Gasteiger partial charge in [0.25, 0.3) is 0 Å². The topological polar surface area (TPSA) is 76.7 Å². The fourth-order valence-electron chi connectivity index (χ4n) is 2.35. The van der Waals surface area contributed by atoms with Gasteiger partial charge in [-0.1, -0.05) is 19.8 Å². The van der Waals surface area contributed by atoms with Gasteiger partial charge in [0.15, 0.2) is 5.11 Å². The van der Waals surface area contributed by atoms with Crippen molar-refractivity contribution < 1.29 is 9.53 Å². The van der Waals surface area contributed by atoms with Crippen LogP contribution >= 0.6 is 12.2 Å². The summed E-state index contributed by atoms with van der Waals surface area (Å²) in [6, 6.07) is 0. The van der Waals surface area contributed by atoms with Crippen LogP contribution in [0.4, 0.5) is 0 Å². The van der Waals surface area contributed by atoms with E-state index in [1.54, 1.807) is 0 Å². The number of unbranched alkanes of at least 4 members (excludes halogenated alkanes) is 2. The lowest BCUT2D eigenvalue weighted by atomic mass is 9.96. The number of hydrogen-bond donors (Lipinski definition) is 2. The molecule has 0 spiro atoms. The number of hydrazone groups is 1. The van der Waals surface area contributed by atoms with E-state index in [4.69, 9.17) is 10.5 Å². The lowest BCUT2D eigenvalue weighted by Crippen LogP contribution is -2.25. The average molecular weight is 299 g/mol. The molecule has 1 aliphatic rings. The Morgan fingerprint density at radius 2 is 2.25 bits per heavy atom. The fourth-order valence-corrected chi connectivity index (χ4v) is 2.39. The summed E-state index contributed by atoms with van der Waals surface area (Å²) >= 11 is 4.68. The van der Waals surface area contributed by atoms with Crippen LogP contribution < -0.4 is 11.2 Å². The van der Waals surface area contributed by atoms with E-state index in [1.807, 2.05) is 6.92 Å². The number of carbonyl (C=O) groups excluding carboxylic acids is 1.